The van der Waals surface area contributed by atoms with E-state index < -0.39 is 5.97 Å². The van der Waals surface area contributed by atoms with E-state index in [1.165, 1.54) is 17.1 Å². The quantitative estimate of drug-likeness (QED) is 0.770. The number of halogens is 1. The molecular weight excluding hydrogens is 330 g/mol. The fourth-order valence-corrected chi connectivity index (χ4v) is 1.64. The van der Waals surface area contributed by atoms with Gasteiger partial charge < -0.3 is 10.4 Å². The number of carboxylic acids is 1. The predicted octanol–water partition coefficient (Wildman–Crippen LogP) is 0.564. The summed E-state index contributed by atoms with van der Waals surface area (Å²) >= 11 is 3.18. The lowest BCUT2D eigenvalue weighted by atomic mass is 10.3. The number of rotatable bonds is 5. The first-order valence-corrected chi connectivity index (χ1v) is 6.39. The fourth-order valence-electron chi connectivity index (χ4n) is 1.40. The Balaban J connectivity index is 1.84. The van der Waals surface area contributed by atoms with Gasteiger partial charge in [-0.1, -0.05) is 5.21 Å². The van der Waals surface area contributed by atoms with Crippen molar-refractivity contribution >= 4 is 27.8 Å². The Kier molecular flexibility index (Phi) is 4.41. The smallest absolute Gasteiger partial charge is 0.358 e. The van der Waals surface area contributed by atoms with Crippen molar-refractivity contribution in [3.63, 3.8) is 0 Å². The first-order chi connectivity index (χ1) is 9.56. The van der Waals surface area contributed by atoms with Gasteiger partial charge in [-0.15, -0.1) is 5.10 Å². The molecule has 0 spiro atoms. The zero-order chi connectivity index (χ0) is 14.5. The monoisotopic (exact) mass is 339 g/mol. The minimum atomic E-state index is -1.14. The SMILES string of the molecule is O=C(NCCn1cc(C(=O)O)nn1)c1ccc(Br)nc1. The average Bonchev–Trinajstić information content (AvgIpc) is 2.88. The number of hydrogen-bond donors (Lipinski definition) is 2. The summed E-state index contributed by atoms with van der Waals surface area (Å²) in [7, 11) is 0. The van der Waals surface area contributed by atoms with Crippen LogP contribution in [0.2, 0.25) is 0 Å². The minimum absolute atomic E-state index is 0.131. The highest BCUT2D eigenvalue weighted by Crippen LogP contribution is 2.05. The molecule has 2 aromatic rings. The van der Waals surface area contributed by atoms with Crippen LogP contribution in [-0.4, -0.2) is 43.5 Å². The molecule has 0 unspecified atom stereocenters. The maximum atomic E-state index is 11.8. The van der Waals surface area contributed by atoms with E-state index in [2.05, 4.69) is 36.5 Å². The lowest BCUT2D eigenvalue weighted by molar-refractivity contribution is 0.0690. The molecule has 0 aliphatic heterocycles. The van der Waals surface area contributed by atoms with Gasteiger partial charge in [0.05, 0.1) is 18.3 Å². The maximum absolute atomic E-state index is 11.8. The first kappa shape index (κ1) is 14.1. The Bertz CT molecular complexity index is 625. The summed E-state index contributed by atoms with van der Waals surface area (Å²) in [6.07, 6.45) is 2.76. The first-order valence-electron chi connectivity index (χ1n) is 5.59. The van der Waals surface area contributed by atoms with Crippen LogP contribution >= 0.6 is 15.9 Å². The summed E-state index contributed by atoms with van der Waals surface area (Å²) in [5.74, 6) is -1.40. The number of carbonyl (C=O) groups excluding carboxylic acids is 1. The molecule has 2 aromatic heterocycles. The zero-order valence-corrected chi connectivity index (χ0v) is 11.7. The van der Waals surface area contributed by atoms with E-state index in [4.69, 9.17) is 5.11 Å². The summed E-state index contributed by atoms with van der Waals surface area (Å²) in [5.41, 5.74) is 0.312. The molecule has 8 nitrogen and oxygen atoms in total. The van der Waals surface area contributed by atoms with Gasteiger partial charge in [-0.2, -0.15) is 0 Å². The van der Waals surface area contributed by atoms with Gasteiger partial charge >= 0.3 is 5.97 Å². The molecule has 20 heavy (non-hydrogen) atoms. The normalized spacial score (nSPS) is 10.2. The van der Waals surface area contributed by atoms with Gasteiger partial charge in [-0.25, -0.2) is 14.5 Å². The summed E-state index contributed by atoms with van der Waals surface area (Å²) < 4.78 is 2.00. The molecule has 2 N–H and O–H groups in total. The molecular formula is C11H10BrN5O3. The lowest BCUT2D eigenvalue weighted by Crippen LogP contribution is -2.27. The molecule has 0 aromatic carbocycles. The number of carboxylic acid groups (broad SMARTS) is 1. The summed E-state index contributed by atoms with van der Waals surface area (Å²) in [6.45, 7) is 0.632. The van der Waals surface area contributed by atoms with E-state index in [0.29, 0.717) is 23.3 Å². The second-order valence-corrected chi connectivity index (χ2v) is 4.61. The maximum Gasteiger partial charge on any atom is 0.358 e. The Labute approximate surface area is 121 Å². The Hall–Kier alpha value is -2.29. The van der Waals surface area contributed by atoms with Crippen molar-refractivity contribution in [3.05, 3.63) is 40.4 Å². The molecule has 0 radical (unpaired) electrons. The molecule has 0 bridgehead atoms. The molecule has 0 aliphatic rings. The van der Waals surface area contributed by atoms with Gasteiger partial charge in [0.15, 0.2) is 5.69 Å². The van der Waals surface area contributed by atoms with Crippen molar-refractivity contribution in [1.82, 2.24) is 25.3 Å². The van der Waals surface area contributed by atoms with Gasteiger partial charge in [0.1, 0.15) is 4.60 Å². The summed E-state index contributed by atoms with van der Waals surface area (Å²) in [5, 5.41) is 18.5. The third kappa shape index (κ3) is 3.60. The van der Waals surface area contributed by atoms with Crippen LogP contribution in [0.15, 0.2) is 29.1 Å². The molecule has 104 valence electrons. The van der Waals surface area contributed by atoms with Crippen molar-refractivity contribution < 1.29 is 14.7 Å². The van der Waals surface area contributed by atoms with Gasteiger partial charge in [-0.3, -0.25) is 4.79 Å². The van der Waals surface area contributed by atoms with Crippen LogP contribution in [-0.2, 0) is 6.54 Å². The van der Waals surface area contributed by atoms with E-state index in [0.717, 1.165) is 0 Å². The third-order valence-electron chi connectivity index (χ3n) is 2.37. The van der Waals surface area contributed by atoms with E-state index in [1.54, 1.807) is 12.1 Å². The van der Waals surface area contributed by atoms with E-state index >= 15 is 0 Å². The van der Waals surface area contributed by atoms with Crippen molar-refractivity contribution in [3.8, 4) is 0 Å². The predicted molar refractivity (Wildman–Crippen MR) is 71.3 cm³/mol. The molecule has 0 saturated heterocycles. The van der Waals surface area contributed by atoms with E-state index in [-0.39, 0.29) is 11.6 Å². The third-order valence-corrected chi connectivity index (χ3v) is 2.84. The number of carbonyl (C=O) groups is 2. The second-order valence-electron chi connectivity index (χ2n) is 3.80. The van der Waals surface area contributed by atoms with E-state index in [9.17, 15) is 9.59 Å². The standard InChI is InChI=1S/C11H10BrN5O3/c12-9-2-1-7(5-14-9)10(18)13-3-4-17-6-8(11(19)20)15-16-17/h1-2,5-6H,3-4H2,(H,13,18)(H,19,20). The highest BCUT2D eigenvalue weighted by Gasteiger charge is 2.09. The van der Waals surface area contributed by atoms with Gasteiger partial charge in [-0.05, 0) is 28.1 Å². The van der Waals surface area contributed by atoms with Gasteiger partial charge in [0.25, 0.3) is 5.91 Å². The largest absolute Gasteiger partial charge is 0.476 e. The molecule has 1 amide bonds. The van der Waals surface area contributed by atoms with Crippen LogP contribution in [0.5, 0.6) is 0 Å². The van der Waals surface area contributed by atoms with Crippen LogP contribution in [0.1, 0.15) is 20.8 Å². The molecule has 0 aliphatic carbocycles. The van der Waals surface area contributed by atoms with Crippen molar-refractivity contribution in [2.45, 2.75) is 6.54 Å². The lowest BCUT2D eigenvalue weighted by Gasteiger charge is -2.04. The van der Waals surface area contributed by atoms with Crippen LogP contribution in [0, 0.1) is 0 Å². The minimum Gasteiger partial charge on any atom is -0.476 e. The zero-order valence-electron chi connectivity index (χ0n) is 10.2. The number of hydrogen-bond acceptors (Lipinski definition) is 5. The summed E-state index contributed by atoms with van der Waals surface area (Å²) in [4.78, 5) is 26.3. The number of nitrogens with one attached hydrogen (secondary N) is 1. The average molecular weight is 340 g/mol. The summed E-state index contributed by atoms with van der Waals surface area (Å²) in [6, 6.07) is 3.32. The molecule has 2 heterocycles. The van der Waals surface area contributed by atoms with Crippen molar-refractivity contribution in [1.29, 1.82) is 0 Å². The number of pyridine rings is 1. The van der Waals surface area contributed by atoms with Crippen LogP contribution in [0.4, 0.5) is 0 Å². The van der Waals surface area contributed by atoms with Gasteiger partial charge in [0.2, 0.25) is 0 Å². The molecule has 0 atom stereocenters. The number of nitrogens with zero attached hydrogens (tertiary/aromatic N) is 4. The topological polar surface area (TPSA) is 110 Å². The molecule has 0 fully saturated rings. The Morgan fingerprint density at radius 1 is 1.40 bits per heavy atom. The van der Waals surface area contributed by atoms with Crippen LogP contribution in [0.3, 0.4) is 0 Å². The highest BCUT2D eigenvalue weighted by molar-refractivity contribution is 9.10. The number of aromatic nitrogens is 4. The molecule has 2 rings (SSSR count). The van der Waals surface area contributed by atoms with E-state index in [1.807, 2.05) is 0 Å². The Morgan fingerprint density at radius 3 is 2.80 bits per heavy atom. The van der Waals surface area contributed by atoms with Gasteiger partial charge in [0, 0.05) is 12.7 Å². The number of aromatic carboxylic acids is 1. The van der Waals surface area contributed by atoms with Crippen LogP contribution < -0.4 is 5.32 Å². The number of amides is 1. The Morgan fingerprint density at radius 2 is 2.20 bits per heavy atom. The highest BCUT2D eigenvalue weighted by atomic mass is 79.9. The molecule has 9 heteroatoms. The van der Waals surface area contributed by atoms with Crippen molar-refractivity contribution in [2.75, 3.05) is 6.54 Å². The molecule has 0 saturated carbocycles. The second kappa shape index (κ2) is 6.24. The van der Waals surface area contributed by atoms with Crippen molar-refractivity contribution in [2.24, 2.45) is 0 Å². The van der Waals surface area contributed by atoms with Crippen LogP contribution in [0.25, 0.3) is 0 Å². The fraction of sp³-hybridized carbons (Fsp3) is 0.182.